The van der Waals surface area contributed by atoms with Crippen molar-refractivity contribution in [3.63, 3.8) is 0 Å². The highest BCUT2D eigenvalue weighted by molar-refractivity contribution is 5.77. The summed E-state index contributed by atoms with van der Waals surface area (Å²) in [5.41, 5.74) is -0.493. The zero-order valence-electron chi connectivity index (χ0n) is 14.1. The zero-order valence-corrected chi connectivity index (χ0v) is 14.1. The third-order valence-electron chi connectivity index (χ3n) is 4.03. The lowest BCUT2D eigenvalue weighted by Crippen LogP contribution is -2.56. The molecule has 0 bridgehead atoms. The van der Waals surface area contributed by atoms with Gasteiger partial charge in [-0.1, -0.05) is 0 Å². The molecule has 2 saturated heterocycles. The molecule has 2 amide bonds. The van der Waals surface area contributed by atoms with Crippen molar-refractivity contribution in [3.8, 4) is 0 Å². The highest BCUT2D eigenvalue weighted by atomic mass is 16.6. The van der Waals surface area contributed by atoms with E-state index in [9.17, 15) is 9.59 Å². The second-order valence-electron chi connectivity index (χ2n) is 7.20. The summed E-state index contributed by atoms with van der Waals surface area (Å²) in [6, 6.07) is 0.00942. The van der Waals surface area contributed by atoms with Crippen molar-refractivity contribution < 1.29 is 19.1 Å². The predicted octanol–water partition coefficient (Wildman–Crippen LogP) is 2.02. The lowest BCUT2D eigenvalue weighted by molar-refractivity contribution is -0.138. The number of amides is 2. The molecule has 6 nitrogen and oxygen atoms in total. The largest absolute Gasteiger partial charge is 0.444 e. The average Bonchev–Trinajstić information content (AvgIpc) is 2.89. The summed E-state index contributed by atoms with van der Waals surface area (Å²) in [4.78, 5) is 28.0. The van der Waals surface area contributed by atoms with Crippen molar-refractivity contribution in [1.82, 2.24) is 9.80 Å². The molecular formula is C16H28N2O4. The maximum atomic E-state index is 12.4. The molecular weight excluding hydrogens is 284 g/mol. The van der Waals surface area contributed by atoms with Gasteiger partial charge in [-0.15, -0.1) is 0 Å². The van der Waals surface area contributed by atoms with Crippen LogP contribution in [0.25, 0.3) is 0 Å². The number of hydrogen-bond donors (Lipinski definition) is 0. The van der Waals surface area contributed by atoms with E-state index < -0.39 is 5.60 Å². The Hall–Kier alpha value is -1.30. The summed E-state index contributed by atoms with van der Waals surface area (Å²) < 4.78 is 10.9. The second-order valence-corrected chi connectivity index (χ2v) is 7.20. The van der Waals surface area contributed by atoms with Crippen molar-refractivity contribution >= 4 is 12.0 Å². The van der Waals surface area contributed by atoms with Crippen LogP contribution in [0.4, 0.5) is 4.79 Å². The van der Waals surface area contributed by atoms with E-state index >= 15 is 0 Å². The number of rotatable bonds is 2. The van der Waals surface area contributed by atoms with E-state index in [0.717, 1.165) is 19.4 Å². The van der Waals surface area contributed by atoms with Crippen molar-refractivity contribution in [2.45, 2.75) is 64.7 Å². The minimum atomic E-state index is -0.493. The molecule has 0 aromatic heterocycles. The molecule has 2 fully saturated rings. The van der Waals surface area contributed by atoms with Crippen molar-refractivity contribution in [1.29, 1.82) is 0 Å². The fraction of sp³-hybridized carbons (Fsp3) is 0.875. The van der Waals surface area contributed by atoms with Crippen molar-refractivity contribution in [2.75, 3.05) is 26.2 Å². The molecule has 6 heteroatoms. The smallest absolute Gasteiger partial charge is 0.410 e. The van der Waals surface area contributed by atoms with E-state index in [0.29, 0.717) is 26.1 Å². The molecule has 22 heavy (non-hydrogen) atoms. The Labute approximate surface area is 132 Å². The highest BCUT2D eigenvalue weighted by Crippen LogP contribution is 2.19. The van der Waals surface area contributed by atoms with Gasteiger partial charge in [0, 0.05) is 32.3 Å². The van der Waals surface area contributed by atoms with E-state index in [4.69, 9.17) is 9.47 Å². The Morgan fingerprint density at radius 2 is 2.00 bits per heavy atom. The van der Waals surface area contributed by atoms with E-state index in [1.165, 1.54) is 0 Å². The molecule has 0 spiro atoms. The van der Waals surface area contributed by atoms with Gasteiger partial charge in [-0.2, -0.15) is 0 Å². The standard InChI is InChI=1S/C16H28N2O4/c1-12-11-17(15(20)22-16(2,3)4)7-8-18(12)14(19)10-13-6-5-9-21-13/h12-13H,5-11H2,1-4H3. The van der Waals surface area contributed by atoms with Crippen LogP contribution in [0.5, 0.6) is 0 Å². The number of ether oxygens (including phenoxy) is 2. The third-order valence-corrected chi connectivity index (χ3v) is 4.03. The summed E-state index contributed by atoms with van der Waals surface area (Å²) in [5, 5.41) is 0. The maximum absolute atomic E-state index is 12.4. The molecule has 126 valence electrons. The Balaban J connectivity index is 1.84. The van der Waals surface area contributed by atoms with Crippen molar-refractivity contribution in [2.24, 2.45) is 0 Å². The number of piperazine rings is 1. The van der Waals surface area contributed by atoms with Crippen LogP contribution >= 0.6 is 0 Å². The second kappa shape index (κ2) is 6.86. The van der Waals surface area contributed by atoms with Crippen LogP contribution in [-0.4, -0.2) is 65.8 Å². The number of carbonyl (C=O) groups is 2. The molecule has 2 aliphatic heterocycles. The zero-order chi connectivity index (χ0) is 16.3. The quantitative estimate of drug-likeness (QED) is 0.783. The molecule has 2 atom stereocenters. The minimum Gasteiger partial charge on any atom is -0.444 e. The monoisotopic (exact) mass is 312 g/mol. The molecule has 0 aromatic carbocycles. The van der Waals surface area contributed by atoms with Gasteiger partial charge < -0.3 is 19.3 Å². The van der Waals surface area contributed by atoms with E-state index in [1.54, 1.807) is 4.90 Å². The fourth-order valence-corrected chi connectivity index (χ4v) is 2.94. The van der Waals surface area contributed by atoms with Crippen LogP contribution < -0.4 is 0 Å². The minimum absolute atomic E-state index is 0.00942. The number of hydrogen-bond acceptors (Lipinski definition) is 4. The maximum Gasteiger partial charge on any atom is 0.410 e. The van der Waals surface area contributed by atoms with Crippen LogP contribution in [0.3, 0.4) is 0 Å². The van der Waals surface area contributed by atoms with Crippen LogP contribution in [0, 0.1) is 0 Å². The third kappa shape index (κ3) is 4.60. The summed E-state index contributed by atoms with van der Waals surface area (Å²) in [6.07, 6.45) is 2.24. The normalized spacial score (nSPS) is 26.2. The summed E-state index contributed by atoms with van der Waals surface area (Å²) in [5.74, 6) is 0.128. The summed E-state index contributed by atoms with van der Waals surface area (Å²) >= 11 is 0. The average molecular weight is 312 g/mol. The van der Waals surface area contributed by atoms with Gasteiger partial charge in [-0.3, -0.25) is 4.79 Å². The molecule has 2 rings (SSSR count). The van der Waals surface area contributed by atoms with Crippen LogP contribution in [0.15, 0.2) is 0 Å². The molecule has 2 unspecified atom stereocenters. The van der Waals surface area contributed by atoms with Gasteiger partial charge in [-0.05, 0) is 40.5 Å². The molecule has 2 aliphatic rings. The van der Waals surface area contributed by atoms with E-state index in [1.807, 2.05) is 32.6 Å². The van der Waals surface area contributed by atoms with Gasteiger partial charge in [0.05, 0.1) is 12.5 Å². The van der Waals surface area contributed by atoms with Gasteiger partial charge in [0.25, 0.3) is 0 Å². The number of carbonyl (C=O) groups excluding carboxylic acids is 2. The van der Waals surface area contributed by atoms with Gasteiger partial charge in [0.1, 0.15) is 5.60 Å². The van der Waals surface area contributed by atoms with Gasteiger partial charge in [0.15, 0.2) is 0 Å². The summed E-state index contributed by atoms with van der Waals surface area (Å²) in [7, 11) is 0. The van der Waals surface area contributed by atoms with Gasteiger partial charge >= 0.3 is 6.09 Å². The Kier molecular flexibility index (Phi) is 5.32. The van der Waals surface area contributed by atoms with Crippen molar-refractivity contribution in [3.05, 3.63) is 0 Å². The van der Waals surface area contributed by atoms with Crippen LogP contribution in [0.1, 0.15) is 47.0 Å². The Bertz CT molecular complexity index is 413. The molecule has 0 aromatic rings. The van der Waals surface area contributed by atoms with E-state index in [-0.39, 0.29) is 24.1 Å². The Morgan fingerprint density at radius 1 is 1.27 bits per heavy atom. The first-order valence-electron chi connectivity index (χ1n) is 8.15. The molecule has 0 aliphatic carbocycles. The number of nitrogens with zero attached hydrogens (tertiary/aromatic N) is 2. The molecule has 0 radical (unpaired) electrons. The SMILES string of the molecule is CC1CN(C(=O)OC(C)(C)C)CCN1C(=O)CC1CCCO1. The Morgan fingerprint density at radius 3 is 2.55 bits per heavy atom. The van der Waals surface area contributed by atoms with Crippen LogP contribution in [-0.2, 0) is 14.3 Å². The van der Waals surface area contributed by atoms with Crippen LogP contribution in [0.2, 0.25) is 0 Å². The predicted molar refractivity (Wildman–Crippen MR) is 82.6 cm³/mol. The summed E-state index contributed by atoms with van der Waals surface area (Å²) in [6.45, 7) is 9.92. The van der Waals surface area contributed by atoms with E-state index in [2.05, 4.69) is 0 Å². The fourth-order valence-electron chi connectivity index (χ4n) is 2.94. The van der Waals surface area contributed by atoms with Gasteiger partial charge in [-0.25, -0.2) is 4.79 Å². The molecule has 2 heterocycles. The van der Waals surface area contributed by atoms with Gasteiger partial charge in [0.2, 0.25) is 5.91 Å². The highest BCUT2D eigenvalue weighted by Gasteiger charge is 2.33. The molecule has 0 N–H and O–H groups in total. The first kappa shape index (κ1) is 17.1. The lowest BCUT2D eigenvalue weighted by Gasteiger charge is -2.40. The first-order chi connectivity index (χ1) is 10.3. The first-order valence-corrected chi connectivity index (χ1v) is 8.15. The topological polar surface area (TPSA) is 59.1 Å². The molecule has 0 saturated carbocycles. The lowest BCUT2D eigenvalue weighted by atomic mass is 10.1.